The van der Waals surface area contributed by atoms with Crippen molar-refractivity contribution in [1.82, 2.24) is 15.5 Å². The normalized spacial score (nSPS) is 23.1. The monoisotopic (exact) mass is 199 g/mol. The highest BCUT2D eigenvalue weighted by molar-refractivity contribution is 5.73. The van der Waals surface area contributed by atoms with Gasteiger partial charge in [-0.05, 0) is 25.3 Å². The van der Waals surface area contributed by atoms with Gasteiger partial charge in [0, 0.05) is 26.7 Å². The quantitative estimate of drug-likeness (QED) is 0.701. The third kappa shape index (κ3) is 3.96. The summed E-state index contributed by atoms with van der Waals surface area (Å²) in [6.07, 6.45) is 2.64. The zero-order valence-electron chi connectivity index (χ0n) is 9.18. The predicted molar refractivity (Wildman–Crippen MR) is 57.3 cm³/mol. The number of carbonyl (C=O) groups is 1. The number of likely N-dealkylation sites (tertiary alicyclic amines) is 1. The number of amides is 2. The van der Waals surface area contributed by atoms with Crippen molar-refractivity contribution < 1.29 is 4.79 Å². The molecule has 0 aromatic heterocycles. The zero-order chi connectivity index (χ0) is 10.4. The van der Waals surface area contributed by atoms with E-state index in [0.717, 1.165) is 19.0 Å². The molecule has 2 amide bonds. The van der Waals surface area contributed by atoms with Crippen LogP contribution in [-0.2, 0) is 0 Å². The van der Waals surface area contributed by atoms with E-state index in [9.17, 15) is 4.79 Å². The maximum atomic E-state index is 10.9. The van der Waals surface area contributed by atoms with Gasteiger partial charge in [0.25, 0.3) is 0 Å². The molecule has 1 atom stereocenters. The van der Waals surface area contributed by atoms with E-state index in [1.165, 1.54) is 25.9 Å². The summed E-state index contributed by atoms with van der Waals surface area (Å²) in [6, 6.07) is -0.0879. The van der Waals surface area contributed by atoms with Gasteiger partial charge in [-0.1, -0.05) is 6.92 Å². The molecule has 0 radical (unpaired) electrons. The van der Waals surface area contributed by atoms with Crippen LogP contribution in [-0.4, -0.2) is 44.2 Å². The van der Waals surface area contributed by atoms with Crippen LogP contribution in [0.4, 0.5) is 4.79 Å². The van der Waals surface area contributed by atoms with E-state index >= 15 is 0 Å². The van der Waals surface area contributed by atoms with Crippen molar-refractivity contribution in [2.24, 2.45) is 5.92 Å². The van der Waals surface area contributed by atoms with Crippen LogP contribution >= 0.6 is 0 Å². The lowest BCUT2D eigenvalue weighted by Gasteiger charge is -2.30. The van der Waals surface area contributed by atoms with Crippen LogP contribution in [0.3, 0.4) is 0 Å². The van der Waals surface area contributed by atoms with Crippen LogP contribution in [0.25, 0.3) is 0 Å². The first-order valence-corrected chi connectivity index (χ1v) is 5.40. The fraction of sp³-hybridized carbons (Fsp3) is 0.900. The van der Waals surface area contributed by atoms with Gasteiger partial charge in [-0.25, -0.2) is 4.79 Å². The number of carbonyl (C=O) groups excluding carboxylic acids is 1. The summed E-state index contributed by atoms with van der Waals surface area (Å²) in [7, 11) is 1.64. The highest BCUT2D eigenvalue weighted by Crippen LogP contribution is 2.14. The number of nitrogens with one attached hydrogen (secondary N) is 2. The SMILES string of the molecule is CNC(=O)NCCN1CCCC(C)C1. The van der Waals surface area contributed by atoms with Gasteiger partial charge in [-0.15, -0.1) is 0 Å². The van der Waals surface area contributed by atoms with Gasteiger partial charge in [0.2, 0.25) is 0 Å². The molecule has 4 heteroatoms. The Kier molecular flexibility index (Phi) is 4.73. The molecule has 1 fully saturated rings. The van der Waals surface area contributed by atoms with E-state index < -0.39 is 0 Å². The Morgan fingerprint density at radius 3 is 3.00 bits per heavy atom. The minimum absolute atomic E-state index is 0.0879. The van der Waals surface area contributed by atoms with E-state index in [2.05, 4.69) is 22.5 Å². The summed E-state index contributed by atoms with van der Waals surface area (Å²) in [5.41, 5.74) is 0. The lowest BCUT2D eigenvalue weighted by molar-refractivity contribution is 0.184. The fourth-order valence-electron chi connectivity index (χ4n) is 1.91. The van der Waals surface area contributed by atoms with Crippen molar-refractivity contribution >= 4 is 6.03 Å². The molecule has 14 heavy (non-hydrogen) atoms. The number of hydrogen-bond donors (Lipinski definition) is 2. The third-order valence-corrected chi connectivity index (χ3v) is 2.68. The minimum atomic E-state index is -0.0879. The summed E-state index contributed by atoms with van der Waals surface area (Å²) >= 11 is 0. The molecule has 0 aliphatic carbocycles. The largest absolute Gasteiger partial charge is 0.341 e. The number of rotatable bonds is 3. The second-order valence-electron chi connectivity index (χ2n) is 4.05. The van der Waals surface area contributed by atoms with Gasteiger partial charge in [0.15, 0.2) is 0 Å². The topological polar surface area (TPSA) is 44.4 Å². The van der Waals surface area contributed by atoms with Gasteiger partial charge in [-0.3, -0.25) is 0 Å². The highest BCUT2D eigenvalue weighted by Gasteiger charge is 2.15. The Morgan fingerprint density at radius 1 is 1.57 bits per heavy atom. The Labute approximate surface area is 86.0 Å². The first-order chi connectivity index (χ1) is 6.72. The van der Waals surface area contributed by atoms with Crippen molar-refractivity contribution in [3.05, 3.63) is 0 Å². The molecular formula is C10H21N3O. The molecule has 0 aromatic rings. The Hall–Kier alpha value is -0.770. The standard InChI is InChI=1S/C10H21N3O/c1-9-4-3-6-13(8-9)7-5-12-10(14)11-2/h9H,3-8H2,1-2H3,(H2,11,12,14). The van der Waals surface area contributed by atoms with E-state index in [-0.39, 0.29) is 6.03 Å². The van der Waals surface area contributed by atoms with Gasteiger partial charge in [0.05, 0.1) is 0 Å². The van der Waals surface area contributed by atoms with E-state index in [0.29, 0.717) is 0 Å². The number of piperidine rings is 1. The molecule has 0 aromatic carbocycles. The summed E-state index contributed by atoms with van der Waals surface area (Å²) in [4.78, 5) is 13.3. The molecule has 1 aliphatic rings. The number of hydrogen-bond acceptors (Lipinski definition) is 2. The molecule has 2 N–H and O–H groups in total. The molecule has 0 bridgehead atoms. The van der Waals surface area contributed by atoms with Crippen LogP contribution in [0, 0.1) is 5.92 Å². The molecule has 4 nitrogen and oxygen atoms in total. The van der Waals surface area contributed by atoms with Gasteiger partial charge < -0.3 is 15.5 Å². The van der Waals surface area contributed by atoms with Crippen LogP contribution in [0.2, 0.25) is 0 Å². The molecule has 1 saturated heterocycles. The van der Waals surface area contributed by atoms with E-state index in [1.54, 1.807) is 7.05 Å². The van der Waals surface area contributed by atoms with Crippen molar-refractivity contribution in [2.75, 3.05) is 33.2 Å². The number of nitrogens with zero attached hydrogens (tertiary/aromatic N) is 1. The molecule has 0 saturated carbocycles. The Balaban J connectivity index is 2.08. The average Bonchev–Trinajstić information content (AvgIpc) is 2.17. The first-order valence-electron chi connectivity index (χ1n) is 5.40. The zero-order valence-corrected chi connectivity index (χ0v) is 9.18. The first kappa shape index (κ1) is 11.3. The fourth-order valence-corrected chi connectivity index (χ4v) is 1.91. The van der Waals surface area contributed by atoms with Crippen LogP contribution in [0.5, 0.6) is 0 Å². The van der Waals surface area contributed by atoms with Crippen LogP contribution < -0.4 is 10.6 Å². The third-order valence-electron chi connectivity index (χ3n) is 2.68. The number of urea groups is 1. The van der Waals surface area contributed by atoms with Crippen LogP contribution in [0.1, 0.15) is 19.8 Å². The predicted octanol–water partition coefficient (Wildman–Crippen LogP) is 0.647. The molecule has 0 spiro atoms. The van der Waals surface area contributed by atoms with E-state index in [4.69, 9.17) is 0 Å². The molecule has 1 aliphatic heterocycles. The average molecular weight is 199 g/mol. The van der Waals surface area contributed by atoms with Crippen molar-refractivity contribution in [3.63, 3.8) is 0 Å². The molecular weight excluding hydrogens is 178 g/mol. The molecule has 1 unspecified atom stereocenters. The minimum Gasteiger partial charge on any atom is -0.341 e. The van der Waals surface area contributed by atoms with Crippen molar-refractivity contribution in [3.8, 4) is 0 Å². The Bertz CT molecular complexity index is 184. The second-order valence-corrected chi connectivity index (χ2v) is 4.05. The van der Waals surface area contributed by atoms with Crippen molar-refractivity contribution in [1.29, 1.82) is 0 Å². The van der Waals surface area contributed by atoms with Crippen molar-refractivity contribution in [2.45, 2.75) is 19.8 Å². The molecule has 82 valence electrons. The van der Waals surface area contributed by atoms with E-state index in [1.807, 2.05) is 0 Å². The highest BCUT2D eigenvalue weighted by atomic mass is 16.2. The summed E-state index contributed by atoms with van der Waals surface area (Å²) in [5, 5.41) is 5.35. The van der Waals surface area contributed by atoms with Gasteiger partial charge >= 0.3 is 6.03 Å². The van der Waals surface area contributed by atoms with Gasteiger partial charge in [-0.2, -0.15) is 0 Å². The Morgan fingerprint density at radius 2 is 2.36 bits per heavy atom. The van der Waals surface area contributed by atoms with Gasteiger partial charge in [0.1, 0.15) is 0 Å². The molecule has 1 rings (SSSR count). The lowest BCUT2D eigenvalue weighted by atomic mass is 10.0. The lowest BCUT2D eigenvalue weighted by Crippen LogP contribution is -2.42. The summed E-state index contributed by atoms with van der Waals surface area (Å²) in [6.45, 7) is 6.36. The smallest absolute Gasteiger partial charge is 0.314 e. The maximum absolute atomic E-state index is 10.9. The second kappa shape index (κ2) is 5.86. The van der Waals surface area contributed by atoms with Crippen LogP contribution in [0.15, 0.2) is 0 Å². The maximum Gasteiger partial charge on any atom is 0.314 e. The molecule has 1 heterocycles. The summed E-state index contributed by atoms with van der Waals surface area (Å²) < 4.78 is 0. The summed E-state index contributed by atoms with van der Waals surface area (Å²) in [5.74, 6) is 0.809.